The van der Waals surface area contributed by atoms with E-state index in [-0.39, 0.29) is 131 Å². The Bertz CT molecular complexity index is 4030. The topological polar surface area (TPSA) is 202 Å². The highest BCUT2D eigenvalue weighted by Crippen LogP contribution is 2.58. The monoisotopic (exact) mass is 1260 g/mol. The fraction of sp³-hybridized carbons (Fsp3) is 0.342. The molecule has 0 aliphatic carbocycles. The van der Waals surface area contributed by atoms with Crippen LogP contribution in [0.3, 0.4) is 0 Å². The van der Waals surface area contributed by atoms with Crippen LogP contribution in [0.5, 0.6) is 46.0 Å². The fourth-order valence-corrected chi connectivity index (χ4v) is 13.5. The summed E-state index contributed by atoms with van der Waals surface area (Å²) in [5.74, 6) is -1.93. The molecule has 0 aromatic heterocycles. The van der Waals surface area contributed by atoms with E-state index in [2.05, 4.69) is 0 Å². The second-order valence-electron chi connectivity index (χ2n) is 26.9. The predicted octanol–water partition coefficient (Wildman–Crippen LogP) is 13.4. The molecule has 9 aromatic rings. The number of aryl methyl sites for hydroxylation is 4. The first-order chi connectivity index (χ1) is 45.3. The molecule has 6 atom stereocenters. The van der Waals surface area contributed by atoms with Gasteiger partial charge in [0.05, 0.1) is 73.1 Å². The van der Waals surface area contributed by atoms with Crippen LogP contribution < -0.4 is 18.9 Å². The molecule has 6 heterocycles. The van der Waals surface area contributed by atoms with Crippen molar-refractivity contribution < 1.29 is 66.7 Å². The first-order valence-electron chi connectivity index (χ1n) is 32.5. The molecule has 0 saturated carbocycles. The van der Waals surface area contributed by atoms with Crippen LogP contribution in [-0.4, -0.2) is 144 Å². The third kappa shape index (κ3) is 11.5. The molecule has 9 aromatic carbocycles. The van der Waals surface area contributed by atoms with Crippen molar-refractivity contribution in [2.75, 3.05) is 52.6 Å². The maximum absolute atomic E-state index is 16.3. The molecule has 6 aliphatic heterocycles. The highest BCUT2D eigenvalue weighted by molar-refractivity contribution is 6.45. The van der Waals surface area contributed by atoms with E-state index in [9.17, 15) is 0 Å². The summed E-state index contributed by atoms with van der Waals surface area (Å²) in [4.78, 5) is 102. The lowest BCUT2D eigenvalue weighted by Crippen LogP contribution is -2.56. The summed E-state index contributed by atoms with van der Waals surface area (Å²) >= 11 is 0. The molecular weight excluding hydrogens is 1190 g/mol. The summed E-state index contributed by atoms with van der Waals surface area (Å²) in [5.41, 5.74) is 4.09. The molecule has 15 rings (SSSR count). The number of imide groups is 2. The van der Waals surface area contributed by atoms with Crippen molar-refractivity contribution in [2.24, 2.45) is 11.8 Å². The fourth-order valence-electron chi connectivity index (χ4n) is 13.5. The first kappa shape index (κ1) is 60.8. The van der Waals surface area contributed by atoms with E-state index in [0.29, 0.717) is 81.7 Å². The highest BCUT2D eigenvalue weighted by atomic mass is 16.6. The maximum Gasteiger partial charge on any atom is 0.262 e. The minimum atomic E-state index is -1.26. The number of amides is 6. The summed E-state index contributed by atoms with van der Waals surface area (Å²) in [6.07, 6.45) is -0.495. The standard InChI is InChI=1S/C76H72N4O14/c1-39(2)25-57(75(85)77(31-49-35-87-49)32-50-36-88-50)79-71(81)53-27-59(91-45-17-9-41(5)10-18-45)65-67-61(93-47-21-13-43(7)14-22-47)29-55-64-56(74(84)80(73(55)83)58(26-40(3)4)76(86)78(33-51-37-89-51)34-52-38-90-52)30-62(94-48-23-15-44(8)16-24-48)68(70(64)67)66-60(92-46-19-11-42(6)12-20-46)28-54(72(79)82)63(53)69(65)66/h9-24,27-30,39-40,49-52,57-58H,25-26,31-38H2,1-8H3. The molecule has 6 aliphatic rings. The number of carbonyl (C=O) groups is 6. The minimum absolute atomic E-state index is 0.0659. The van der Waals surface area contributed by atoms with Gasteiger partial charge in [0.15, 0.2) is 0 Å². The van der Waals surface area contributed by atoms with Crippen LogP contribution in [0.15, 0.2) is 121 Å². The van der Waals surface area contributed by atoms with Gasteiger partial charge in [0, 0.05) is 69.3 Å². The largest absolute Gasteiger partial charge is 0.457 e. The summed E-state index contributed by atoms with van der Waals surface area (Å²) in [6, 6.07) is 33.8. The molecule has 0 bridgehead atoms. The van der Waals surface area contributed by atoms with Crippen molar-refractivity contribution in [1.29, 1.82) is 0 Å². The van der Waals surface area contributed by atoms with Crippen molar-refractivity contribution in [3.05, 3.63) is 166 Å². The zero-order chi connectivity index (χ0) is 65.1. The van der Waals surface area contributed by atoms with Gasteiger partial charge in [-0.1, -0.05) is 98.5 Å². The second kappa shape index (κ2) is 23.8. The Labute approximate surface area is 543 Å². The third-order valence-electron chi connectivity index (χ3n) is 18.5. The molecule has 4 saturated heterocycles. The number of benzene rings is 9. The second-order valence-corrected chi connectivity index (χ2v) is 26.9. The average Bonchev–Trinajstić information content (AvgIpc) is 0.721. The van der Waals surface area contributed by atoms with E-state index in [4.69, 9.17) is 37.9 Å². The Hall–Kier alpha value is -9.46. The summed E-state index contributed by atoms with van der Waals surface area (Å²) in [5, 5.41) is 2.49. The van der Waals surface area contributed by atoms with E-state index in [0.717, 1.165) is 32.1 Å². The van der Waals surface area contributed by atoms with Crippen molar-refractivity contribution in [1.82, 2.24) is 19.6 Å². The molecular formula is C76H72N4O14. The number of rotatable bonds is 24. The van der Waals surface area contributed by atoms with Crippen LogP contribution in [0.2, 0.25) is 0 Å². The van der Waals surface area contributed by atoms with Gasteiger partial charge in [-0.15, -0.1) is 0 Å². The Balaban J connectivity index is 1.06. The van der Waals surface area contributed by atoms with Gasteiger partial charge in [-0.2, -0.15) is 0 Å². The number of carbonyl (C=O) groups excluding carboxylic acids is 6. The van der Waals surface area contributed by atoms with Gasteiger partial charge in [-0.25, -0.2) is 0 Å². The van der Waals surface area contributed by atoms with Crippen LogP contribution in [0.1, 0.15) is 104 Å². The van der Waals surface area contributed by atoms with Gasteiger partial charge in [-0.05, 0) is 125 Å². The molecule has 18 nitrogen and oxygen atoms in total. The van der Waals surface area contributed by atoms with Gasteiger partial charge in [0.25, 0.3) is 23.6 Å². The van der Waals surface area contributed by atoms with Gasteiger partial charge >= 0.3 is 0 Å². The average molecular weight is 1270 g/mol. The molecule has 4 fully saturated rings. The molecule has 480 valence electrons. The lowest BCUT2D eigenvalue weighted by molar-refractivity contribution is -0.137. The summed E-state index contributed by atoms with van der Waals surface area (Å²) in [6.45, 7) is 18.6. The molecule has 0 N–H and O–H groups in total. The number of hydrogen-bond acceptors (Lipinski definition) is 14. The quantitative estimate of drug-likeness (QED) is 0.0239. The molecule has 0 radical (unpaired) electrons. The molecule has 18 heteroatoms. The van der Waals surface area contributed by atoms with E-state index in [1.165, 1.54) is 0 Å². The van der Waals surface area contributed by atoms with Crippen LogP contribution in [0.4, 0.5) is 0 Å². The van der Waals surface area contributed by atoms with Crippen molar-refractivity contribution >= 4 is 78.5 Å². The Kier molecular flexibility index (Phi) is 15.4. The number of nitrogens with zero attached hydrogens (tertiary/aromatic N) is 4. The van der Waals surface area contributed by atoms with Crippen LogP contribution >= 0.6 is 0 Å². The molecule has 0 spiro atoms. The number of hydrogen-bond donors (Lipinski definition) is 0. The molecule has 94 heavy (non-hydrogen) atoms. The zero-order valence-electron chi connectivity index (χ0n) is 53.7. The predicted molar refractivity (Wildman–Crippen MR) is 352 cm³/mol. The van der Waals surface area contributed by atoms with E-state index >= 15 is 28.8 Å². The number of fused-ring (bicyclic) bond motifs is 2. The van der Waals surface area contributed by atoms with Gasteiger partial charge in [0.1, 0.15) is 58.1 Å². The number of ether oxygens (including phenoxy) is 8. The third-order valence-corrected chi connectivity index (χ3v) is 18.5. The molecule has 6 unspecified atom stereocenters. The lowest BCUT2D eigenvalue weighted by Gasteiger charge is -2.38. The van der Waals surface area contributed by atoms with E-state index in [1.807, 2.05) is 152 Å². The smallest absolute Gasteiger partial charge is 0.262 e. The summed E-state index contributed by atoms with van der Waals surface area (Å²) in [7, 11) is 0. The normalized spacial score (nSPS) is 19.2. The first-order valence-corrected chi connectivity index (χ1v) is 32.5. The number of epoxide rings is 4. The zero-order valence-corrected chi connectivity index (χ0v) is 53.7. The van der Waals surface area contributed by atoms with Crippen LogP contribution in [0, 0.1) is 39.5 Å². The van der Waals surface area contributed by atoms with E-state index in [1.54, 1.807) is 34.1 Å². The Morgan fingerprint density at radius 3 is 0.809 bits per heavy atom. The Morgan fingerprint density at radius 1 is 0.383 bits per heavy atom. The van der Waals surface area contributed by atoms with Crippen LogP contribution in [0.25, 0.3) is 43.1 Å². The maximum atomic E-state index is 16.3. The lowest BCUT2D eigenvalue weighted by atomic mass is 9.80. The van der Waals surface area contributed by atoms with Gasteiger partial charge in [0.2, 0.25) is 11.8 Å². The Morgan fingerprint density at radius 2 is 0.606 bits per heavy atom. The van der Waals surface area contributed by atoms with Crippen molar-refractivity contribution in [3.8, 4) is 46.0 Å². The van der Waals surface area contributed by atoms with Gasteiger partial charge in [-0.3, -0.25) is 38.6 Å². The van der Waals surface area contributed by atoms with E-state index < -0.39 is 47.5 Å². The molecule has 6 amide bonds. The highest BCUT2D eigenvalue weighted by Gasteiger charge is 2.49. The minimum Gasteiger partial charge on any atom is -0.457 e. The van der Waals surface area contributed by atoms with Crippen molar-refractivity contribution in [3.63, 3.8) is 0 Å². The van der Waals surface area contributed by atoms with Crippen molar-refractivity contribution in [2.45, 2.75) is 105 Å². The van der Waals surface area contributed by atoms with Gasteiger partial charge < -0.3 is 47.7 Å². The summed E-state index contributed by atoms with van der Waals surface area (Å²) < 4.78 is 51.5. The van der Waals surface area contributed by atoms with Crippen LogP contribution in [-0.2, 0) is 28.5 Å². The SMILES string of the molecule is Cc1ccc(Oc2cc3c4c(cc(Oc5ccc(C)cc5)c5c6c(Oc7ccc(C)cc7)cc7c8c(cc(Oc9ccc(C)cc9)c(c2c45)c86)C(=O)N(C(CC(C)C)C(=O)N(CC2CO2)CC2CO2)C7=O)C(=O)N(C(CC(C)C)C(=O)N(CC2CO2)CC2CO2)C3=O)cc1.